The fourth-order valence-corrected chi connectivity index (χ4v) is 2.58. The molecule has 0 saturated carbocycles. The molecule has 0 bridgehead atoms. The van der Waals surface area contributed by atoms with E-state index in [1.165, 1.54) is 5.56 Å². The Labute approximate surface area is 138 Å². The Balaban J connectivity index is 1.88. The van der Waals surface area contributed by atoms with Crippen molar-refractivity contribution < 1.29 is 4.79 Å². The Morgan fingerprint density at radius 2 is 1.83 bits per heavy atom. The minimum atomic E-state index is 0.0332. The van der Waals surface area contributed by atoms with Crippen molar-refractivity contribution in [3.63, 3.8) is 0 Å². The van der Waals surface area contributed by atoms with Gasteiger partial charge in [0, 0.05) is 18.7 Å². The molecule has 2 aromatic rings. The lowest BCUT2D eigenvalue weighted by atomic mass is 9.92. The van der Waals surface area contributed by atoms with Crippen LogP contribution in [-0.2, 0) is 11.2 Å². The minimum Gasteiger partial charge on any atom is -0.356 e. The molecule has 0 radical (unpaired) electrons. The molecule has 2 rings (SSSR count). The number of aromatic nitrogens is 2. The van der Waals surface area contributed by atoms with Gasteiger partial charge in [-0.2, -0.15) is 5.10 Å². The fraction of sp³-hybridized carbons (Fsp3) is 0.474. The van der Waals surface area contributed by atoms with E-state index in [1.54, 1.807) is 0 Å². The zero-order valence-corrected chi connectivity index (χ0v) is 14.8. The van der Waals surface area contributed by atoms with E-state index in [-0.39, 0.29) is 11.3 Å². The number of amides is 1. The number of hydrogen-bond acceptors (Lipinski definition) is 2. The molecular weight excluding hydrogens is 286 g/mol. The molecule has 0 aliphatic heterocycles. The maximum Gasteiger partial charge on any atom is 0.220 e. The van der Waals surface area contributed by atoms with E-state index in [0.29, 0.717) is 13.0 Å². The highest BCUT2D eigenvalue weighted by molar-refractivity contribution is 5.76. The summed E-state index contributed by atoms with van der Waals surface area (Å²) in [7, 11) is 0. The molecule has 1 amide bonds. The smallest absolute Gasteiger partial charge is 0.220 e. The van der Waals surface area contributed by atoms with Crippen molar-refractivity contribution in [1.82, 2.24) is 15.1 Å². The summed E-state index contributed by atoms with van der Waals surface area (Å²) in [5.41, 5.74) is 4.46. The zero-order chi connectivity index (χ0) is 17.0. The molecule has 0 atom stereocenters. The Kier molecular flexibility index (Phi) is 5.24. The molecule has 0 unspecified atom stereocenters. The van der Waals surface area contributed by atoms with E-state index in [2.05, 4.69) is 68.4 Å². The van der Waals surface area contributed by atoms with Crippen molar-refractivity contribution in [1.29, 1.82) is 0 Å². The van der Waals surface area contributed by atoms with Gasteiger partial charge in [-0.05, 0) is 49.4 Å². The topological polar surface area (TPSA) is 46.9 Å². The van der Waals surface area contributed by atoms with E-state index < -0.39 is 0 Å². The molecule has 0 spiro atoms. The van der Waals surface area contributed by atoms with Crippen molar-refractivity contribution in [2.24, 2.45) is 5.41 Å². The van der Waals surface area contributed by atoms with Gasteiger partial charge in [0.1, 0.15) is 0 Å². The molecule has 124 valence electrons. The van der Waals surface area contributed by atoms with E-state index in [1.807, 2.05) is 11.6 Å². The van der Waals surface area contributed by atoms with Crippen LogP contribution >= 0.6 is 0 Å². The van der Waals surface area contributed by atoms with E-state index in [4.69, 9.17) is 0 Å². The highest BCUT2D eigenvalue weighted by atomic mass is 16.1. The van der Waals surface area contributed by atoms with Crippen molar-refractivity contribution >= 4 is 5.91 Å². The zero-order valence-electron chi connectivity index (χ0n) is 14.8. The van der Waals surface area contributed by atoms with Crippen LogP contribution in [0.4, 0.5) is 0 Å². The van der Waals surface area contributed by atoms with Gasteiger partial charge >= 0.3 is 0 Å². The lowest BCUT2D eigenvalue weighted by Crippen LogP contribution is -2.29. The first-order valence-corrected chi connectivity index (χ1v) is 8.14. The van der Waals surface area contributed by atoms with Gasteiger partial charge in [-0.3, -0.25) is 4.79 Å². The first-order valence-electron chi connectivity index (χ1n) is 8.14. The summed E-state index contributed by atoms with van der Waals surface area (Å²) in [6.45, 7) is 10.9. The van der Waals surface area contributed by atoms with Crippen LogP contribution in [0.2, 0.25) is 0 Å². The largest absolute Gasteiger partial charge is 0.356 e. The predicted octanol–water partition coefficient (Wildman–Crippen LogP) is 3.58. The standard InChI is InChI=1S/C19H27N3O/c1-14-12-15(2)22(21-14)17-8-6-16(7-9-17)10-11-20-18(23)13-19(3,4)5/h6-9,12H,10-11,13H2,1-5H3,(H,20,23). The van der Waals surface area contributed by atoms with Crippen LogP contribution in [0.3, 0.4) is 0 Å². The second-order valence-corrected chi connectivity index (χ2v) is 7.34. The lowest BCUT2D eigenvalue weighted by molar-refractivity contribution is -0.122. The van der Waals surface area contributed by atoms with Gasteiger partial charge < -0.3 is 5.32 Å². The Hall–Kier alpha value is -2.10. The molecule has 1 heterocycles. The van der Waals surface area contributed by atoms with Gasteiger partial charge in [0.05, 0.1) is 11.4 Å². The van der Waals surface area contributed by atoms with Crippen LogP contribution in [0.5, 0.6) is 0 Å². The van der Waals surface area contributed by atoms with Crippen molar-refractivity contribution in [3.8, 4) is 5.69 Å². The van der Waals surface area contributed by atoms with Crippen molar-refractivity contribution in [2.45, 2.75) is 47.5 Å². The first kappa shape index (κ1) is 17.3. The summed E-state index contributed by atoms with van der Waals surface area (Å²) in [4.78, 5) is 11.8. The summed E-state index contributed by atoms with van der Waals surface area (Å²) < 4.78 is 1.95. The maximum absolute atomic E-state index is 11.8. The number of benzene rings is 1. The Morgan fingerprint density at radius 1 is 1.17 bits per heavy atom. The van der Waals surface area contributed by atoms with Crippen LogP contribution in [0.1, 0.15) is 44.1 Å². The van der Waals surface area contributed by atoms with Gasteiger partial charge in [-0.1, -0.05) is 32.9 Å². The molecule has 1 aromatic heterocycles. The summed E-state index contributed by atoms with van der Waals surface area (Å²) in [5, 5.41) is 7.48. The number of aryl methyl sites for hydroxylation is 2. The molecular formula is C19H27N3O. The molecule has 1 N–H and O–H groups in total. The van der Waals surface area contributed by atoms with Gasteiger partial charge in [0.15, 0.2) is 0 Å². The minimum absolute atomic E-state index is 0.0332. The molecule has 0 saturated heterocycles. The van der Waals surface area contributed by atoms with Gasteiger partial charge in [-0.25, -0.2) is 4.68 Å². The number of rotatable bonds is 5. The van der Waals surface area contributed by atoms with Gasteiger partial charge in [0.25, 0.3) is 0 Å². The van der Waals surface area contributed by atoms with Crippen LogP contribution in [-0.4, -0.2) is 22.2 Å². The van der Waals surface area contributed by atoms with Crippen LogP contribution < -0.4 is 5.32 Å². The molecule has 0 fully saturated rings. The molecule has 0 aliphatic carbocycles. The van der Waals surface area contributed by atoms with Crippen LogP contribution in [0.25, 0.3) is 5.69 Å². The van der Waals surface area contributed by atoms with E-state index in [9.17, 15) is 4.79 Å². The van der Waals surface area contributed by atoms with Crippen molar-refractivity contribution in [2.75, 3.05) is 6.54 Å². The third-order valence-corrected chi connectivity index (χ3v) is 3.62. The fourth-order valence-electron chi connectivity index (χ4n) is 2.58. The molecule has 0 aliphatic rings. The van der Waals surface area contributed by atoms with Crippen LogP contribution in [0.15, 0.2) is 30.3 Å². The molecule has 23 heavy (non-hydrogen) atoms. The number of hydrogen-bond donors (Lipinski definition) is 1. The molecule has 4 heteroatoms. The lowest BCUT2D eigenvalue weighted by Gasteiger charge is -2.17. The quantitative estimate of drug-likeness (QED) is 0.917. The van der Waals surface area contributed by atoms with Crippen LogP contribution in [0, 0.1) is 19.3 Å². The Morgan fingerprint density at radius 3 is 2.35 bits per heavy atom. The third-order valence-electron chi connectivity index (χ3n) is 3.62. The summed E-state index contributed by atoms with van der Waals surface area (Å²) in [5.74, 6) is 0.122. The molecule has 1 aromatic carbocycles. The normalized spacial score (nSPS) is 11.5. The van der Waals surface area contributed by atoms with Crippen molar-refractivity contribution in [3.05, 3.63) is 47.3 Å². The van der Waals surface area contributed by atoms with Gasteiger partial charge in [-0.15, -0.1) is 0 Å². The monoisotopic (exact) mass is 313 g/mol. The SMILES string of the molecule is Cc1cc(C)n(-c2ccc(CCNC(=O)CC(C)(C)C)cc2)n1. The first-order chi connectivity index (χ1) is 10.7. The second kappa shape index (κ2) is 6.99. The van der Waals surface area contributed by atoms with Gasteiger partial charge in [0.2, 0.25) is 5.91 Å². The predicted molar refractivity (Wildman–Crippen MR) is 93.8 cm³/mol. The van der Waals surface area contributed by atoms with E-state index in [0.717, 1.165) is 23.5 Å². The number of nitrogens with one attached hydrogen (secondary N) is 1. The Bertz CT molecular complexity index is 663. The third kappa shape index (κ3) is 5.23. The summed E-state index contributed by atoms with van der Waals surface area (Å²) in [6, 6.07) is 10.4. The second-order valence-electron chi connectivity index (χ2n) is 7.34. The number of carbonyl (C=O) groups is 1. The molecule has 4 nitrogen and oxygen atoms in total. The average molecular weight is 313 g/mol. The highest BCUT2D eigenvalue weighted by Crippen LogP contribution is 2.18. The highest BCUT2D eigenvalue weighted by Gasteiger charge is 2.15. The maximum atomic E-state index is 11.8. The number of carbonyl (C=O) groups excluding carboxylic acids is 1. The summed E-state index contributed by atoms with van der Waals surface area (Å²) >= 11 is 0. The van der Waals surface area contributed by atoms with E-state index >= 15 is 0 Å². The number of nitrogens with zero attached hydrogens (tertiary/aromatic N) is 2. The summed E-state index contributed by atoms with van der Waals surface area (Å²) in [6.07, 6.45) is 1.40. The average Bonchev–Trinajstić information content (AvgIpc) is 2.76.